The summed E-state index contributed by atoms with van der Waals surface area (Å²) in [6.07, 6.45) is 0.689. The van der Waals surface area contributed by atoms with Crippen LogP contribution in [0.4, 0.5) is 8.78 Å². The average Bonchev–Trinajstić information content (AvgIpc) is 3.50. The van der Waals surface area contributed by atoms with Crippen molar-refractivity contribution in [3.05, 3.63) is 94.1 Å². The van der Waals surface area contributed by atoms with Crippen LogP contribution in [0.5, 0.6) is 28.9 Å². The number of hydrogen-bond donors (Lipinski definition) is 1. The van der Waals surface area contributed by atoms with E-state index in [2.05, 4.69) is 9.98 Å². The van der Waals surface area contributed by atoms with E-state index in [9.17, 15) is 14.1 Å². The molecule has 1 aliphatic heterocycles. The van der Waals surface area contributed by atoms with E-state index in [1.807, 2.05) is 24.8 Å². The fraction of sp³-hybridized carbons (Fsp3) is 0.212. The maximum Gasteiger partial charge on any atom is 0.260 e. The van der Waals surface area contributed by atoms with Gasteiger partial charge in [0.25, 0.3) is 11.8 Å². The SMILES string of the molecule is CCN(CC)C(=O)c1c(Cl)cccc1S(=O)c1ccc(Oc2c(F)cnc(Oc3cc(C#N)ccc3O)c2F)c(C2=NCCN2C)c1. The molecule has 0 radical (unpaired) electrons. The molecule has 1 amide bonds. The second kappa shape index (κ2) is 14.1. The van der Waals surface area contributed by atoms with Gasteiger partial charge in [0.15, 0.2) is 17.3 Å². The third kappa shape index (κ3) is 6.74. The number of pyridine rings is 1. The molecule has 5 rings (SSSR count). The topological polar surface area (TPSA) is 128 Å². The molecule has 0 spiro atoms. The van der Waals surface area contributed by atoms with Gasteiger partial charge in [-0.1, -0.05) is 17.7 Å². The maximum atomic E-state index is 15.7. The Bertz CT molecular complexity index is 1960. The Hall–Kier alpha value is -5.06. The average molecular weight is 680 g/mol. The van der Waals surface area contributed by atoms with E-state index in [0.717, 1.165) is 0 Å². The molecule has 0 saturated carbocycles. The van der Waals surface area contributed by atoms with Gasteiger partial charge in [0.05, 0.1) is 56.2 Å². The second-order valence-electron chi connectivity index (χ2n) is 10.2. The molecule has 1 aromatic heterocycles. The van der Waals surface area contributed by atoms with Crippen LogP contribution >= 0.6 is 11.6 Å². The highest BCUT2D eigenvalue weighted by Gasteiger charge is 2.28. The van der Waals surface area contributed by atoms with E-state index in [0.29, 0.717) is 38.2 Å². The van der Waals surface area contributed by atoms with Crippen LogP contribution in [0, 0.1) is 23.0 Å². The van der Waals surface area contributed by atoms with Crippen LogP contribution in [0.2, 0.25) is 5.02 Å². The third-order valence-electron chi connectivity index (χ3n) is 7.31. The third-order valence-corrected chi connectivity index (χ3v) is 9.05. The molecular formula is C33H28ClF2N5O5S. The van der Waals surface area contributed by atoms with Crippen molar-refractivity contribution in [1.82, 2.24) is 14.8 Å². The minimum Gasteiger partial charge on any atom is -0.504 e. The van der Waals surface area contributed by atoms with Gasteiger partial charge in [0, 0.05) is 37.6 Å². The fourth-order valence-electron chi connectivity index (χ4n) is 4.85. The van der Waals surface area contributed by atoms with Gasteiger partial charge in [-0.3, -0.25) is 9.79 Å². The van der Waals surface area contributed by atoms with Gasteiger partial charge in [0.2, 0.25) is 11.6 Å². The van der Waals surface area contributed by atoms with Gasteiger partial charge in [-0.05, 0) is 56.3 Å². The van der Waals surface area contributed by atoms with Crippen molar-refractivity contribution in [2.75, 3.05) is 33.2 Å². The Morgan fingerprint density at radius 1 is 1.13 bits per heavy atom. The molecule has 47 heavy (non-hydrogen) atoms. The number of benzene rings is 3. The van der Waals surface area contributed by atoms with Crippen LogP contribution in [0.25, 0.3) is 0 Å². The number of carbonyl (C=O) groups excluding carboxylic acids is 1. The van der Waals surface area contributed by atoms with Crippen LogP contribution in [-0.2, 0) is 10.8 Å². The van der Waals surface area contributed by atoms with Crippen LogP contribution < -0.4 is 9.47 Å². The van der Waals surface area contributed by atoms with Gasteiger partial charge >= 0.3 is 0 Å². The predicted molar refractivity (Wildman–Crippen MR) is 171 cm³/mol. The lowest BCUT2D eigenvalue weighted by Crippen LogP contribution is -2.31. The summed E-state index contributed by atoms with van der Waals surface area (Å²) < 4.78 is 55.9. The van der Waals surface area contributed by atoms with Crippen molar-refractivity contribution < 1.29 is 32.4 Å². The second-order valence-corrected chi connectivity index (χ2v) is 12.1. The molecule has 1 N–H and O–H groups in total. The number of aliphatic imine (C=N–C) groups is 1. The lowest BCUT2D eigenvalue weighted by molar-refractivity contribution is 0.0769. The van der Waals surface area contributed by atoms with Gasteiger partial charge in [-0.2, -0.15) is 9.65 Å². The number of ether oxygens (including phenoxy) is 2. The number of amides is 1. The molecule has 1 aliphatic rings. The molecule has 3 aromatic carbocycles. The largest absolute Gasteiger partial charge is 0.504 e. The standard InChI is InChI=1S/C33H28ClF2N5O5S/c1-4-41(5-2)33(43)28-22(34)7-6-8-27(28)47(44)20-10-12-25(21(16-20)31-38-13-14-40(31)3)45-30-23(35)18-39-32(29(30)36)46-26-15-19(17-37)9-11-24(26)42/h6-12,15-16,18,42H,4-5,13-14H2,1-3H3. The normalized spacial score (nSPS) is 13.1. The molecule has 1 unspecified atom stereocenters. The molecule has 0 aliphatic carbocycles. The molecule has 242 valence electrons. The zero-order valence-electron chi connectivity index (χ0n) is 25.5. The number of halogens is 3. The molecule has 4 aromatic rings. The number of nitrogens with zero attached hydrogens (tertiary/aromatic N) is 5. The zero-order valence-corrected chi connectivity index (χ0v) is 27.0. The molecule has 0 bridgehead atoms. The number of phenolic OH excluding ortho intramolecular Hbond substituents is 1. The number of hydrogen-bond acceptors (Lipinski definition) is 9. The number of nitriles is 1. The highest BCUT2D eigenvalue weighted by molar-refractivity contribution is 7.85. The fourth-order valence-corrected chi connectivity index (χ4v) is 6.42. The lowest BCUT2D eigenvalue weighted by atomic mass is 10.1. The maximum absolute atomic E-state index is 15.7. The van der Waals surface area contributed by atoms with Crippen molar-refractivity contribution in [1.29, 1.82) is 5.26 Å². The Morgan fingerprint density at radius 3 is 2.57 bits per heavy atom. The van der Waals surface area contributed by atoms with Gasteiger partial charge in [-0.15, -0.1) is 0 Å². The Labute approximate surface area is 276 Å². The first kappa shape index (κ1) is 33.3. The number of aromatic nitrogens is 1. The van der Waals surface area contributed by atoms with E-state index < -0.39 is 39.8 Å². The molecule has 0 saturated heterocycles. The minimum atomic E-state index is -1.91. The Morgan fingerprint density at radius 2 is 1.89 bits per heavy atom. The molecule has 10 nitrogen and oxygen atoms in total. The van der Waals surface area contributed by atoms with Gasteiger partial charge < -0.3 is 24.4 Å². The quantitative estimate of drug-likeness (QED) is 0.201. The molecule has 14 heteroatoms. The Balaban J connectivity index is 1.56. The van der Waals surface area contributed by atoms with Gasteiger partial charge in [-0.25, -0.2) is 13.6 Å². The van der Waals surface area contributed by atoms with Gasteiger partial charge in [0.1, 0.15) is 11.6 Å². The summed E-state index contributed by atoms with van der Waals surface area (Å²) in [6, 6.07) is 14.7. The van der Waals surface area contributed by atoms with E-state index in [4.69, 9.17) is 26.3 Å². The zero-order chi connectivity index (χ0) is 33.8. The molecule has 1 atom stereocenters. The molecule has 2 heterocycles. The molecule has 0 fully saturated rings. The summed E-state index contributed by atoms with van der Waals surface area (Å²) in [5.74, 6) is -4.67. The van der Waals surface area contributed by atoms with Crippen molar-refractivity contribution in [3.8, 4) is 34.9 Å². The lowest BCUT2D eigenvalue weighted by Gasteiger charge is -2.21. The predicted octanol–water partition coefficient (Wildman–Crippen LogP) is 6.52. The first-order valence-corrected chi connectivity index (χ1v) is 15.9. The van der Waals surface area contributed by atoms with Crippen LogP contribution in [0.15, 0.2) is 75.6 Å². The number of likely N-dealkylation sites (N-methyl/N-ethyl adjacent to an activating group) is 1. The summed E-state index contributed by atoms with van der Waals surface area (Å²) in [6.45, 7) is 5.52. The minimum absolute atomic E-state index is 0.0203. The smallest absolute Gasteiger partial charge is 0.260 e. The highest BCUT2D eigenvalue weighted by atomic mass is 35.5. The van der Waals surface area contributed by atoms with Crippen LogP contribution in [0.3, 0.4) is 0 Å². The number of aromatic hydroxyl groups is 1. The van der Waals surface area contributed by atoms with E-state index in [-0.39, 0.29) is 48.9 Å². The monoisotopic (exact) mass is 679 g/mol. The summed E-state index contributed by atoms with van der Waals surface area (Å²) >= 11 is 6.46. The molecular weight excluding hydrogens is 652 g/mol. The first-order valence-electron chi connectivity index (χ1n) is 14.4. The van der Waals surface area contributed by atoms with E-state index in [1.165, 1.54) is 36.4 Å². The summed E-state index contributed by atoms with van der Waals surface area (Å²) in [7, 11) is -0.136. The number of carbonyl (C=O) groups is 1. The highest BCUT2D eigenvalue weighted by Crippen LogP contribution is 2.39. The number of rotatable bonds is 10. The summed E-state index contributed by atoms with van der Waals surface area (Å²) in [4.78, 5) is 25.4. The number of amidine groups is 1. The van der Waals surface area contributed by atoms with E-state index in [1.54, 1.807) is 30.1 Å². The number of phenols is 1. The Kier molecular flexibility index (Phi) is 10.0. The van der Waals surface area contributed by atoms with Crippen LogP contribution in [-0.4, -0.2) is 69.1 Å². The summed E-state index contributed by atoms with van der Waals surface area (Å²) in [5, 5.41) is 19.4. The van der Waals surface area contributed by atoms with Crippen molar-refractivity contribution in [2.45, 2.75) is 23.6 Å². The van der Waals surface area contributed by atoms with Crippen molar-refractivity contribution >= 4 is 34.1 Å². The first-order chi connectivity index (χ1) is 22.6. The summed E-state index contributed by atoms with van der Waals surface area (Å²) in [5.41, 5.74) is 0.530. The van der Waals surface area contributed by atoms with E-state index >= 15 is 8.78 Å². The van der Waals surface area contributed by atoms with Crippen LogP contribution in [0.1, 0.15) is 35.3 Å². The van der Waals surface area contributed by atoms with Crippen molar-refractivity contribution in [2.24, 2.45) is 4.99 Å². The van der Waals surface area contributed by atoms with Crippen molar-refractivity contribution in [3.63, 3.8) is 0 Å².